The van der Waals surface area contributed by atoms with Crippen molar-refractivity contribution < 1.29 is 22.3 Å². The molecule has 124 valence electrons. The van der Waals surface area contributed by atoms with Crippen LogP contribution in [0.2, 0.25) is 0 Å². The van der Waals surface area contributed by atoms with Crippen molar-refractivity contribution in [1.29, 1.82) is 0 Å². The largest absolute Gasteiger partial charge is 0.318 e. The van der Waals surface area contributed by atoms with E-state index in [-0.39, 0.29) is 9.96 Å². The van der Waals surface area contributed by atoms with Gasteiger partial charge in [-0.2, -0.15) is 8.42 Å². The fourth-order valence-electron chi connectivity index (χ4n) is 2.18. The number of benzene rings is 1. The topological polar surface area (TPSA) is 80.8 Å². The standard InChI is InChI=1S/C16H19NO5S/c1-2-3-4-5-6-13-7-9-14(10-8-13)23(20,21)22-17-15(18)11-12-16(17)19/h7-12H,2-6H2,1H3. The molecule has 0 fully saturated rings. The van der Waals surface area contributed by atoms with Crippen LogP contribution in [0.25, 0.3) is 0 Å². The number of imide groups is 1. The first kappa shape index (κ1) is 17.4. The molecule has 6 nitrogen and oxygen atoms in total. The first-order valence-electron chi connectivity index (χ1n) is 7.53. The van der Waals surface area contributed by atoms with Crippen LogP contribution in [0.3, 0.4) is 0 Å². The van der Waals surface area contributed by atoms with Gasteiger partial charge in [-0.15, -0.1) is 9.35 Å². The number of hydrogen-bond acceptors (Lipinski definition) is 5. The molecule has 0 aromatic heterocycles. The predicted octanol–water partition coefficient (Wildman–Crippen LogP) is 2.35. The van der Waals surface area contributed by atoms with Gasteiger partial charge in [0.25, 0.3) is 11.8 Å². The van der Waals surface area contributed by atoms with Crippen molar-refractivity contribution in [3.05, 3.63) is 42.0 Å². The van der Waals surface area contributed by atoms with Gasteiger partial charge in [-0.3, -0.25) is 9.59 Å². The number of carbonyl (C=O) groups is 2. The Kier molecular flexibility index (Phi) is 5.68. The molecule has 1 aromatic carbocycles. The zero-order valence-corrected chi connectivity index (χ0v) is 13.7. The van der Waals surface area contributed by atoms with Gasteiger partial charge in [0.15, 0.2) is 0 Å². The molecule has 0 atom stereocenters. The molecular formula is C16H19NO5S. The van der Waals surface area contributed by atoms with Gasteiger partial charge < -0.3 is 0 Å². The predicted molar refractivity (Wildman–Crippen MR) is 83.6 cm³/mol. The lowest BCUT2D eigenvalue weighted by atomic mass is 10.1. The van der Waals surface area contributed by atoms with Gasteiger partial charge in [-0.05, 0) is 30.5 Å². The summed E-state index contributed by atoms with van der Waals surface area (Å²) in [5.41, 5.74) is 1.04. The monoisotopic (exact) mass is 337 g/mol. The first-order chi connectivity index (χ1) is 10.9. The molecule has 0 unspecified atom stereocenters. The number of hydrogen-bond donors (Lipinski definition) is 0. The van der Waals surface area contributed by atoms with Gasteiger partial charge in [0.2, 0.25) is 0 Å². The Hall–Kier alpha value is -1.99. The molecule has 0 saturated heterocycles. The quantitative estimate of drug-likeness (QED) is 0.537. The molecule has 0 saturated carbocycles. The van der Waals surface area contributed by atoms with Crippen LogP contribution in [0.4, 0.5) is 0 Å². The number of nitrogens with zero attached hydrogens (tertiary/aromatic N) is 1. The molecule has 1 aromatic rings. The third-order valence-electron chi connectivity index (χ3n) is 3.47. The Balaban J connectivity index is 2.00. The minimum Gasteiger partial charge on any atom is -0.267 e. The first-order valence-corrected chi connectivity index (χ1v) is 8.94. The van der Waals surface area contributed by atoms with Crippen molar-refractivity contribution in [2.75, 3.05) is 0 Å². The third-order valence-corrected chi connectivity index (χ3v) is 4.67. The van der Waals surface area contributed by atoms with E-state index in [4.69, 9.17) is 0 Å². The molecule has 0 spiro atoms. The van der Waals surface area contributed by atoms with Crippen LogP contribution in [-0.4, -0.2) is 25.3 Å². The molecule has 2 amide bonds. The molecule has 0 bridgehead atoms. The Labute approximate surface area is 135 Å². The molecular weight excluding hydrogens is 318 g/mol. The van der Waals surface area contributed by atoms with E-state index in [1.807, 2.05) is 0 Å². The molecule has 7 heteroatoms. The van der Waals surface area contributed by atoms with Crippen molar-refractivity contribution in [2.24, 2.45) is 0 Å². The summed E-state index contributed by atoms with van der Waals surface area (Å²) in [4.78, 5) is 22.6. The van der Waals surface area contributed by atoms with Crippen LogP contribution >= 0.6 is 0 Å². The van der Waals surface area contributed by atoms with Crippen LogP contribution in [0.5, 0.6) is 0 Å². The van der Waals surface area contributed by atoms with Gasteiger partial charge in [-0.25, -0.2) is 0 Å². The zero-order valence-electron chi connectivity index (χ0n) is 12.9. The smallest absolute Gasteiger partial charge is 0.267 e. The Morgan fingerprint density at radius 1 is 0.957 bits per heavy atom. The second kappa shape index (κ2) is 7.52. The maximum atomic E-state index is 12.1. The zero-order chi connectivity index (χ0) is 16.9. The fraction of sp³-hybridized carbons (Fsp3) is 0.375. The summed E-state index contributed by atoms with van der Waals surface area (Å²) in [5.74, 6) is -1.63. The highest BCUT2D eigenvalue weighted by molar-refractivity contribution is 7.86. The van der Waals surface area contributed by atoms with E-state index < -0.39 is 21.9 Å². The Morgan fingerprint density at radius 2 is 1.57 bits per heavy atom. The number of hydroxylamine groups is 2. The van der Waals surface area contributed by atoms with Crippen LogP contribution < -0.4 is 0 Å². The molecule has 0 N–H and O–H groups in total. The highest BCUT2D eigenvalue weighted by Crippen LogP contribution is 2.18. The molecule has 0 radical (unpaired) electrons. The number of aryl methyl sites for hydroxylation is 1. The highest BCUT2D eigenvalue weighted by Gasteiger charge is 2.31. The summed E-state index contributed by atoms with van der Waals surface area (Å²) in [6.07, 6.45) is 7.34. The normalized spacial score (nSPS) is 14.7. The summed E-state index contributed by atoms with van der Waals surface area (Å²) < 4.78 is 28.8. The minimum absolute atomic E-state index is 0.0951. The van der Waals surface area contributed by atoms with Crippen LogP contribution in [0.15, 0.2) is 41.3 Å². The van der Waals surface area contributed by atoms with E-state index in [0.717, 1.165) is 43.4 Å². The summed E-state index contributed by atoms with van der Waals surface area (Å²) in [6, 6.07) is 6.27. The lowest BCUT2D eigenvalue weighted by Gasteiger charge is -2.13. The van der Waals surface area contributed by atoms with E-state index in [2.05, 4.69) is 11.2 Å². The van der Waals surface area contributed by atoms with E-state index in [9.17, 15) is 18.0 Å². The lowest BCUT2D eigenvalue weighted by molar-refractivity contribution is -0.161. The Bertz CT molecular complexity index is 688. The number of carbonyl (C=O) groups excluding carboxylic acids is 2. The van der Waals surface area contributed by atoms with E-state index >= 15 is 0 Å². The molecule has 2 rings (SSSR count). The van der Waals surface area contributed by atoms with E-state index in [1.165, 1.54) is 18.6 Å². The van der Waals surface area contributed by atoms with Crippen LogP contribution in [0.1, 0.15) is 38.2 Å². The van der Waals surface area contributed by atoms with E-state index in [1.54, 1.807) is 12.1 Å². The summed E-state index contributed by atoms with van der Waals surface area (Å²) in [7, 11) is -4.21. The number of unbranched alkanes of at least 4 members (excludes halogenated alkanes) is 3. The summed E-state index contributed by atoms with van der Waals surface area (Å²) in [5, 5.41) is 0.230. The SMILES string of the molecule is CCCCCCc1ccc(S(=O)(=O)ON2C(=O)C=CC2=O)cc1. The maximum Gasteiger partial charge on any atom is 0.318 e. The summed E-state index contributed by atoms with van der Waals surface area (Å²) in [6.45, 7) is 2.14. The molecule has 23 heavy (non-hydrogen) atoms. The third kappa shape index (κ3) is 4.49. The Morgan fingerprint density at radius 3 is 2.13 bits per heavy atom. The lowest BCUT2D eigenvalue weighted by Crippen LogP contribution is -2.32. The van der Waals surface area contributed by atoms with Gasteiger partial charge in [0, 0.05) is 12.2 Å². The average molecular weight is 337 g/mol. The van der Waals surface area contributed by atoms with Gasteiger partial charge in [0.1, 0.15) is 0 Å². The second-order valence-electron chi connectivity index (χ2n) is 5.29. The maximum absolute atomic E-state index is 12.1. The second-order valence-corrected chi connectivity index (χ2v) is 6.82. The minimum atomic E-state index is -4.21. The van der Waals surface area contributed by atoms with Crippen molar-refractivity contribution in [2.45, 2.75) is 43.9 Å². The van der Waals surface area contributed by atoms with Crippen molar-refractivity contribution in [1.82, 2.24) is 5.06 Å². The summed E-state index contributed by atoms with van der Waals surface area (Å²) >= 11 is 0. The number of amides is 2. The van der Waals surface area contributed by atoms with E-state index in [0.29, 0.717) is 0 Å². The van der Waals surface area contributed by atoms with Crippen molar-refractivity contribution in [3.8, 4) is 0 Å². The van der Waals surface area contributed by atoms with Crippen molar-refractivity contribution >= 4 is 21.9 Å². The molecule has 0 aliphatic carbocycles. The molecule has 1 aliphatic rings. The molecule has 1 heterocycles. The van der Waals surface area contributed by atoms with Gasteiger partial charge in [0.05, 0.1) is 4.90 Å². The molecule has 1 aliphatic heterocycles. The van der Waals surface area contributed by atoms with Crippen LogP contribution in [-0.2, 0) is 30.4 Å². The highest BCUT2D eigenvalue weighted by atomic mass is 32.2. The van der Waals surface area contributed by atoms with Gasteiger partial charge >= 0.3 is 10.1 Å². The number of rotatable bonds is 8. The van der Waals surface area contributed by atoms with Crippen molar-refractivity contribution in [3.63, 3.8) is 0 Å². The van der Waals surface area contributed by atoms with Gasteiger partial charge in [-0.1, -0.05) is 38.3 Å². The van der Waals surface area contributed by atoms with Crippen LogP contribution in [0, 0.1) is 0 Å². The fourth-order valence-corrected chi connectivity index (χ4v) is 3.08. The average Bonchev–Trinajstić information content (AvgIpc) is 2.84.